The molecule has 2 N–H and O–H groups in total. The maximum absolute atomic E-state index is 6.65. The Bertz CT molecular complexity index is 840. The van der Waals surface area contributed by atoms with Crippen molar-refractivity contribution in [3.63, 3.8) is 0 Å². The SMILES string of the molecule is CC(C)(C)c1cc(C2CC2)cc2c(Cl)cc(OCNCC3COCCN3)nc12. The van der Waals surface area contributed by atoms with E-state index in [2.05, 4.69) is 43.5 Å². The van der Waals surface area contributed by atoms with Gasteiger partial charge in [-0.1, -0.05) is 38.4 Å². The third kappa shape index (κ3) is 4.60. The summed E-state index contributed by atoms with van der Waals surface area (Å²) in [5.74, 6) is 1.24. The summed E-state index contributed by atoms with van der Waals surface area (Å²) in [5.41, 5.74) is 3.55. The van der Waals surface area contributed by atoms with Gasteiger partial charge in [-0.2, -0.15) is 0 Å². The van der Waals surface area contributed by atoms with Crippen molar-refractivity contribution >= 4 is 22.5 Å². The summed E-state index contributed by atoms with van der Waals surface area (Å²) in [5, 5.41) is 8.45. The highest BCUT2D eigenvalue weighted by molar-refractivity contribution is 6.35. The van der Waals surface area contributed by atoms with E-state index >= 15 is 0 Å². The number of nitrogens with one attached hydrogen (secondary N) is 2. The Kier molecular flexibility index (Phi) is 5.79. The fourth-order valence-electron chi connectivity index (χ4n) is 3.69. The number of benzene rings is 1. The molecule has 2 aromatic rings. The predicted octanol–water partition coefficient (Wildman–Crippen LogP) is 3.98. The van der Waals surface area contributed by atoms with E-state index in [4.69, 9.17) is 26.1 Å². The second-order valence-electron chi connectivity index (χ2n) is 8.90. The van der Waals surface area contributed by atoms with Gasteiger partial charge in [0.05, 0.1) is 23.8 Å². The first-order chi connectivity index (χ1) is 13.4. The highest BCUT2D eigenvalue weighted by Crippen LogP contribution is 2.44. The van der Waals surface area contributed by atoms with E-state index in [1.807, 2.05) is 6.07 Å². The van der Waals surface area contributed by atoms with Gasteiger partial charge in [0.25, 0.3) is 0 Å². The Morgan fingerprint density at radius 3 is 2.79 bits per heavy atom. The van der Waals surface area contributed by atoms with Crippen molar-refractivity contribution in [2.24, 2.45) is 0 Å². The molecule has 1 saturated heterocycles. The van der Waals surface area contributed by atoms with Gasteiger partial charge in [0.1, 0.15) is 6.73 Å². The minimum Gasteiger partial charge on any atom is -0.462 e. The average Bonchev–Trinajstić information content (AvgIpc) is 3.50. The van der Waals surface area contributed by atoms with Crippen LogP contribution in [0, 0.1) is 0 Å². The molecule has 0 radical (unpaired) electrons. The number of ether oxygens (including phenoxy) is 2. The Morgan fingerprint density at radius 2 is 2.11 bits per heavy atom. The van der Waals surface area contributed by atoms with E-state index in [0.717, 1.165) is 37.2 Å². The molecule has 6 heteroatoms. The van der Waals surface area contributed by atoms with Crippen LogP contribution >= 0.6 is 11.6 Å². The number of hydrogen-bond acceptors (Lipinski definition) is 5. The maximum atomic E-state index is 6.65. The van der Waals surface area contributed by atoms with Gasteiger partial charge in [0, 0.05) is 30.6 Å². The molecule has 5 nitrogen and oxygen atoms in total. The van der Waals surface area contributed by atoms with Crippen molar-refractivity contribution < 1.29 is 9.47 Å². The fraction of sp³-hybridized carbons (Fsp3) is 0.591. The molecule has 1 saturated carbocycles. The zero-order valence-corrected chi connectivity index (χ0v) is 17.7. The molecule has 1 aromatic carbocycles. The smallest absolute Gasteiger partial charge is 0.216 e. The number of rotatable bonds is 6. The van der Waals surface area contributed by atoms with Crippen LogP contribution in [0.15, 0.2) is 18.2 Å². The number of nitrogens with zero attached hydrogens (tertiary/aromatic N) is 1. The highest BCUT2D eigenvalue weighted by Gasteiger charge is 2.28. The minimum atomic E-state index is -0.0109. The quantitative estimate of drug-likeness (QED) is 0.564. The van der Waals surface area contributed by atoms with Crippen LogP contribution < -0.4 is 15.4 Å². The van der Waals surface area contributed by atoms with Crippen LogP contribution in [-0.2, 0) is 10.2 Å². The van der Waals surface area contributed by atoms with E-state index in [0.29, 0.717) is 29.6 Å². The fourth-order valence-corrected chi connectivity index (χ4v) is 3.93. The summed E-state index contributed by atoms with van der Waals surface area (Å²) in [6.45, 7) is 10.3. The van der Waals surface area contributed by atoms with Crippen LogP contribution in [0.25, 0.3) is 10.9 Å². The lowest BCUT2D eigenvalue weighted by Gasteiger charge is -2.24. The Morgan fingerprint density at radius 1 is 1.29 bits per heavy atom. The van der Waals surface area contributed by atoms with Gasteiger partial charge in [-0.25, -0.2) is 4.98 Å². The van der Waals surface area contributed by atoms with Gasteiger partial charge in [-0.3, -0.25) is 5.32 Å². The molecule has 152 valence electrons. The van der Waals surface area contributed by atoms with Gasteiger partial charge in [-0.15, -0.1) is 0 Å². The molecule has 2 aliphatic rings. The summed E-state index contributed by atoms with van der Waals surface area (Å²) in [6, 6.07) is 6.68. The van der Waals surface area contributed by atoms with E-state index in [-0.39, 0.29) is 5.41 Å². The average molecular weight is 404 g/mol. The van der Waals surface area contributed by atoms with Crippen molar-refractivity contribution in [3.05, 3.63) is 34.3 Å². The lowest BCUT2D eigenvalue weighted by Crippen LogP contribution is -2.47. The number of halogens is 1. The molecule has 0 amide bonds. The topological polar surface area (TPSA) is 55.4 Å². The minimum absolute atomic E-state index is 0.0109. The number of aromatic nitrogens is 1. The van der Waals surface area contributed by atoms with Crippen molar-refractivity contribution in [1.82, 2.24) is 15.6 Å². The molecule has 1 atom stereocenters. The molecule has 1 aliphatic carbocycles. The third-order valence-corrected chi connectivity index (χ3v) is 5.74. The van der Waals surface area contributed by atoms with Crippen LogP contribution in [0.4, 0.5) is 0 Å². The molecule has 4 rings (SSSR count). The zero-order chi connectivity index (χ0) is 19.7. The predicted molar refractivity (Wildman–Crippen MR) is 114 cm³/mol. The Balaban J connectivity index is 1.52. The molecule has 1 unspecified atom stereocenters. The monoisotopic (exact) mass is 403 g/mol. The Labute approximate surface area is 172 Å². The number of morpholine rings is 1. The van der Waals surface area contributed by atoms with E-state index in [9.17, 15) is 0 Å². The van der Waals surface area contributed by atoms with Crippen LogP contribution in [-0.4, -0.2) is 44.1 Å². The summed E-state index contributed by atoms with van der Waals surface area (Å²) >= 11 is 6.65. The second kappa shape index (κ2) is 8.15. The lowest BCUT2D eigenvalue weighted by atomic mass is 9.83. The second-order valence-corrected chi connectivity index (χ2v) is 9.31. The zero-order valence-electron chi connectivity index (χ0n) is 17.0. The first-order valence-corrected chi connectivity index (χ1v) is 10.6. The van der Waals surface area contributed by atoms with Crippen molar-refractivity contribution in [2.45, 2.75) is 51.0 Å². The first-order valence-electron chi connectivity index (χ1n) is 10.2. The van der Waals surface area contributed by atoms with Gasteiger partial charge in [0.15, 0.2) is 0 Å². The third-order valence-electron chi connectivity index (χ3n) is 5.43. The molecular weight excluding hydrogens is 374 g/mol. The summed E-state index contributed by atoms with van der Waals surface area (Å²) in [6.07, 6.45) is 2.54. The van der Waals surface area contributed by atoms with Gasteiger partial charge < -0.3 is 14.8 Å². The van der Waals surface area contributed by atoms with Gasteiger partial charge in [-0.05, 0) is 41.4 Å². The number of pyridine rings is 1. The molecule has 2 fully saturated rings. The summed E-state index contributed by atoms with van der Waals surface area (Å²) < 4.78 is 11.3. The molecule has 0 spiro atoms. The van der Waals surface area contributed by atoms with Crippen molar-refractivity contribution in [3.8, 4) is 5.88 Å². The molecule has 2 heterocycles. The normalized spacial score (nSPS) is 20.5. The van der Waals surface area contributed by atoms with E-state index in [1.165, 1.54) is 24.0 Å². The lowest BCUT2D eigenvalue weighted by molar-refractivity contribution is 0.0747. The van der Waals surface area contributed by atoms with Crippen LogP contribution in [0.5, 0.6) is 5.88 Å². The first kappa shape index (κ1) is 19.9. The molecular formula is C22H30ClN3O2. The van der Waals surface area contributed by atoms with E-state index < -0.39 is 0 Å². The summed E-state index contributed by atoms with van der Waals surface area (Å²) in [7, 11) is 0. The molecule has 28 heavy (non-hydrogen) atoms. The molecule has 0 bridgehead atoms. The highest BCUT2D eigenvalue weighted by atomic mass is 35.5. The molecule has 1 aromatic heterocycles. The Hall–Kier alpha value is -1.40. The maximum Gasteiger partial charge on any atom is 0.216 e. The molecule has 1 aliphatic heterocycles. The van der Waals surface area contributed by atoms with Gasteiger partial charge >= 0.3 is 0 Å². The summed E-state index contributed by atoms with van der Waals surface area (Å²) in [4.78, 5) is 4.82. The van der Waals surface area contributed by atoms with Crippen LogP contribution in [0.3, 0.4) is 0 Å². The largest absolute Gasteiger partial charge is 0.462 e. The number of fused-ring (bicyclic) bond motifs is 1. The number of hydrogen-bond donors (Lipinski definition) is 2. The van der Waals surface area contributed by atoms with Crippen molar-refractivity contribution in [2.75, 3.05) is 33.0 Å². The standard InChI is InChI=1S/C22H30ClN3O2/c1-22(2,3)18-9-15(14-4-5-14)8-17-19(23)10-20(26-21(17)18)28-13-24-11-16-12-27-7-6-25-16/h8-10,14,16,24-25H,4-7,11-13H2,1-3H3. The van der Waals surface area contributed by atoms with E-state index in [1.54, 1.807) is 0 Å². The van der Waals surface area contributed by atoms with Crippen LogP contribution in [0.2, 0.25) is 5.02 Å². The van der Waals surface area contributed by atoms with Gasteiger partial charge in [0.2, 0.25) is 5.88 Å². The van der Waals surface area contributed by atoms with Crippen LogP contribution in [0.1, 0.15) is 50.7 Å². The van der Waals surface area contributed by atoms with Crippen molar-refractivity contribution in [1.29, 1.82) is 0 Å².